The van der Waals surface area contributed by atoms with Gasteiger partial charge in [-0.15, -0.1) is 0 Å². The molecule has 0 unspecified atom stereocenters. The van der Waals surface area contributed by atoms with E-state index in [2.05, 4.69) is 5.32 Å². The van der Waals surface area contributed by atoms with E-state index >= 15 is 0 Å². The molecule has 1 aliphatic carbocycles. The molecule has 236 valence electrons. The van der Waals surface area contributed by atoms with Crippen molar-refractivity contribution in [2.75, 3.05) is 24.2 Å². The molecule has 0 saturated heterocycles. The zero-order chi connectivity index (χ0) is 31.7. The summed E-state index contributed by atoms with van der Waals surface area (Å²) >= 11 is 0. The van der Waals surface area contributed by atoms with Gasteiger partial charge >= 0.3 is 0 Å². The second-order valence-corrected chi connectivity index (χ2v) is 13.8. The van der Waals surface area contributed by atoms with Gasteiger partial charge in [-0.3, -0.25) is 13.9 Å². The minimum absolute atomic E-state index is 0.0861. The number of rotatable bonds is 14. The van der Waals surface area contributed by atoms with Crippen molar-refractivity contribution in [3.8, 4) is 5.75 Å². The van der Waals surface area contributed by atoms with Gasteiger partial charge in [0.15, 0.2) is 0 Å². The van der Waals surface area contributed by atoms with E-state index in [1.807, 2.05) is 86.6 Å². The molecule has 1 fully saturated rings. The van der Waals surface area contributed by atoms with Gasteiger partial charge < -0.3 is 15.0 Å². The fourth-order valence-electron chi connectivity index (χ4n) is 5.99. The second kappa shape index (κ2) is 15.2. The monoisotopic (exact) mass is 619 g/mol. The largest absolute Gasteiger partial charge is 0.497 e. The van der Waals surface area contributed by atoms with Crippen LogP contribution in [0.1, 0.15) is 60.8 Å². The lowest BCUT2D eigenvalue weighted by Crippen LogP contribution is -2.52. The first-order valence-corrected chi connectivity index (χ1v) is 17.2. The highest BCUT2D eigenvalue weighted by Crippen LogP contribution is 2.24. The fraction of sp³-hybridized carbons (Fsp3) is 0.429. The molecule has 1 atom stereocenters. The molecule has 0 heterocycles. The Hall–Kier alpha value is -3.85. The number of hydrogen-bond donors (Lipinski definition) is 1. The maximum Gasteiger partial charge on any atom is 0.243 e. The van der Waals surface area contributed by atoms with E-state index in [9.17, 15) is 18.0 Å². The molecular formula is C35H45N3O5S. The van der Waals surface area contributed by atoms with Crippen LogP contribution < -0.4 is 14.4 Å². The van der Waals surface area contributed by atoms with E-state index in [-0.39, 0.29) is 37.4 Å². The zero-order valence-corrected chi connectivity index (χ0v) is 27.1. The van der Waals surface area contributed by atoms with Crippen molar-refractivity contribution >= 4 is 27.5 Å². The summed E-state index contributed by atoms with van der Waals surface area (Å²) in [6, 6.07) is 22.3. The Morgan fingerprint density at radius 3 is 2.23 bits per heavy atom. The lowest BCUT2D eigenvalue weighted by Gasteiger charge is -2.33. The molecule has 3 aromatic carbocycles. The average molecular weight is 620 g/mol. The van der Waals surface area contributed by atoms with Crippen molar-refractivity contribution in [1.82, 2.24) is 10.2 Å². The Labute approximate surface area is 262 Å². The zero-order valence-electron chi connectivity index (χ0n) is 26.3. The SMILES string of the molecule is COc1cccc(CN(C(=O)CCCN(c2cc(C)cc(C)c2)S(C)(=O)=O)[C@@H](Cc2ccccc2)C(=O)NC2CCCC2)c1. The Morgan fingerprint density at radius 2 is 1.59 bits per heavy atom. The molecule has 0 bridgehead atoms. The van der Waals surface area contributed by atoms with Crippen LogP contribution in [0.5, 0.6) is 5.75 Å². The number of ether oxygens (including phenoxy) is 1. The molecular weight excluding hydrogens is 574 g/mol. The molecule has 0 spiro atoms. The standard InChI is InChI=1S/C35H45N3O5S/c1-26-20-27(2)22-31(21-26)38(44(4,41)42)19-11-18-34(39)37(25-29-14-10-17-32(23-29)43-3)33(24-28-12-6-5-7-13-28)35(40)36-30-15-8-9-16-30/h5-7,10,12-14,17,20-23,30,33H,8-9,11,15-16,18-19,24-25H2,1-4H3,(H,36,40)/t33-/m0/s1. The number of sulfonamides is 1. The Morgan fingerprint density at radius 1 is 0.932 bits per heavy atom. The van der Waals surface area contributed by atoms with Gasteiger partial charge in [-0.25, -0.2) is 8.42 Å². The van der Waals surface area contributed by atoms with Gasteiger partial charge in [0.2, 0.25) is 21.8 Å². The highest BCUT2D eigenvalue weighted by molar-refractivity contribution is 7.92. The van der Waals surface area contributed by atoms with Gasteiger partial charge in [0.25, 0.3) is 0 Å². The molecule has 1 saturated carbocycles. The summed E-state index contributed by atoms with van der Waals surface area (Å²) in [5, 5.41) is 3.22. The summed E-state index contributed by atoms with van der Waals surface area (Å²) in [6.07, 6.45) is 5.98. The third-order valence-electron chi connectivity index (χ3n) is 8.11. The molecule has 1 aliphatic rings. The third-order valence-corrected chi connectivity index (χ3v) is 9.30. The van der Waals surface area contributed by atoms with Gasteiger partial charge in [0.1, 0.15) is 11.8 Å². The summed E-state index contributed by atoms with van der Waals surface area (Å²) in [5.41, 5.74) is 4.32. The van der Waals surface area contributed by atoms with Gasteiger partial charge in [0, 0.05) is 32.0 Å². The lowest BCUT2D eigenvalue weighted by atomic mass is 10.0. The average Bonchev–Trinajstić information content (AvgIpc) is 3.49. The number of methoxy groups -OCH3 is 1. The van der Waals surface area contributed by atoms with E-state index in [0.29, 0.717) is 24.3 Å². The van der Waals surface area contributed by atoms with Crippen molar-refractivity contribution < 1.29 is 22.7 Å². The summed E-state index contributed by atoms with van der Waals surface area (Å²) in [4.78, 5) is 29.7. The first kappa shape index (κ1) is 33.1. The normalized spacial score (nSPS) is 14.2. The Kier molecular flexibility index (Phi) is 11.4. The summed E-state index contributed by atoms with van der Waals surface area (Å²) in [5.74, 6) is 0.302. The minimum atomic E-state index is -3.58. The smallest absolute Gasteiger partial charge is 0.243 e. The van der Waals surface area contributed by atoms with Crippen LogP contribution in [0.3, 0.4) is 0 Å². The topological polar surface area (TPSA) is 96.0 Å². The van der Waals surface area contributed by atoms with E-state index < -0.39 is 16.1 Å². The number of carbonyl (C=O) groups is 2. The van der Waals surface area contributed by atoms with Crippen molar-refractivity contribution in [2.45, 2.75) is 77.4 Å². The van der Waals surface area contributed by atoms with Crippen LogP contribution in [0, 0.1) is 13.8 Å². The molecule has 0 aromatic heterocycles. The first-order chi connectivity index (χ1) is 21.0. The van der Waals surface area contributed by atoms with Gasteiger partial charge in [-0.1, -0.05) is 61.4 Å². The van der Waals surface area contributed by atoms with E-state index in [1.165, 1.54) is 10.6 Å². The number of aryl methyl sites for hydroxylation is 2. The molecule has 9 heteroatoms. The number of nitrogens with one attached hydrogen (secondary N) is 1. The predicted molar refractivity (Wildman–Crippen MR) is 175 cm³/mol. The van der Waals surface area contributed by atoms with Crippen LogP contribution in [-0.4, -0.2) is 57.1 Å². The van der Waals surface area contributed by atoms with Crippen molar-refractivity contribution in [3.05, 3.63) is 95.1 Å². The van der Waals surface area contributed by atoms with Crippen LogP contribution in [0.25, 0.3) is 0 Å². The quantitative estimate of drug-likeness (QED) is 0.255. The van der Waals surface area contributed by atoms with E-state index in [0.717, 1.165) is 47.9 Å². The molecule has 3 aromatic rings. The van der Waals surface area contributed by atoms with Crippen LogP contribution in [-0.2, 0) is 32.6 Å². The summed E-state index contributed by atoms with van der Waals surface area (Å²) in [7, 11) is -1.98. The molecule has 4 rings (SSSR count). The number of anilines is 1. The number of benzene rings is 3. The number of hydrogen-bond acceptors (Lipinski definition) is 5. The minimum Gasteiger partial charge on any atom is -0.497 e. The van der Waals surface area contributed by atoms with Crippen LogP contribution in [0.4, 0.5) is 5.69 Å². The highest BCUT2D eigenvalue weighted by atomic mass is 32.2. The maximum absolute atomic E-state index is 14.1. The van der Waals surface area contributed by atoms with Crippen LogP contribution >= 0.6 is 0 Å². The molecule has 1 N–H and O–H groups in total. The molecule has 44 heavy (non-hydrogen) atoms. The lowest BCUT2D eigenvalue weighted by molar-refractivity contribution is -0.141. The second-order valence-electron chi connectivity index (χ2n) is 11.9. The number of nitrogens with zero attached hydrogens (tertiary/aromatic N) is 2. The van der Waals surface area contributed by atoms with E-state index in [4.69, 9.17) is 4.74 Å². The van der Waals surface area contributed by atoms with Crippen LogP contribution in [0.15, 0.2) is 72.8 Å². The van der Waals surface area contributed by atoms with Crippen molar-refractivity contribution in [2.24, 2.45) is 0 Å². The Balaban J connectivity index is 1.61. The molecule has 2 amide bonds. The van der Waals surface area contributed by atoms with Crippen LogP contribution in [0.2, 0.25) is 0 Å². The first-order valence-electron chi connectivity index (χ1n) is 15.4. The molecule has 0 aliphatic heterocycles. The van der Waals surface area contributed by atoms with Gasteiger partial charge in [-0.05, 0) is 79.6 Å². The van der Waals surface area contributed by atoms with Crippen molar-refractivity contribution in [1.29, 1.82) is 0 Å². The predicted octanol–water partition coefficient (Wildman–Crippen LogP) is 5.56. The van der Waals surface area contributed by atoms with Crippen molar-refractivity contribution in [3.63, 3.8) is 0 Å². The molecule has 8 nitrogen and oxygen atoms in total. The highest BCUT2D eigenvalue weighted by Gasteiger charge is 2.32. The third kappa shape index (κ3) is 9.32. The Bertz CT molecular complexity index is 1500. The van der Waals surface area contributed by atoms with E-state index in [1.54, 1.807) is 12.0 Å². The maximum atomic E-state index is 14.1. The van der Waals surface area contributed by atoms with Gasteiger partial charge in [-0.2, -0.15) is 0 Å². The van der Waals surface area contributed by atoms with Gasteiger partial charge in [0.05, 0.1) is 19.1 Å². The summed E-state index contributed by atoms with van der Waals surface area (Å²) < 4.78 is 32.4. The molecule has 0 radical (unpaired) electrons. The summed E-state index contributed by atoms with van der Waals surface area (Å²) in [6.45, 7) is 4.23. The number of amides is 2. The fourth-order valence-corrected chi connectivity index (χ4v) is 6.94. The number of carbonyl (C=O) groups excluding carboxylic acids is 2.